The summed E-state index contributed by atoms with van der Waals surface area (Å²) in [6.45, 7) is 10.1. The third-order valence-electron chi connectivity index (χ3n) is 4.67. The summed E-state index contributed by atoms with van der Waals surface area (Å²) < 4.78 is 5.23. The van der Waals surface area contributed by atoms with Gasteiger partial charge < -0.3 is 36.8 Å². The Morgan fingerprint density at radius 3 is 1.92 bits per heavy atom. The van der Waals surface area contributed by atoms with Gasteiger partial charge in [0, 0.05) is 19.9 Å². The van der Waals surface area contributed by atoms with Crippen LogP contribution in [0.15, 0.2) is 0 Å². The largest absolute Gasteiger partial charge is 0.480 e. The molecular formula is C23H41N5O8. The number of carbonyl (C=O) groups is 6. The molecule has 0 aromatic carbocycles. The van der Waals surface area contributed by atoms with Crippen LogP contribution in [0.2, 0.25) is 0 Å². The summed E-state index contributed by atoms with van der Waals surface area (Å²) >= 11 is 0. The van der Waals surface area contributed by atoms with Crippen LogP contribution in [0, 0.1) is 5.92 Å². The maximum atomic E-state index is 12.9. The van der Waals surface area contributed by atoms with Gasteiger partial charge in [0.05, 0.1) is 0 Å². The van der Waals surface area contributed by atoms with Crippen molar-refractivity contribution in [1.82, 2.24) is 21.3 Å². The molecule has 0 radical (unpaired) electrons. The van der Waals surface area contributed by atoms with E-state index < -0.39 is 59.4 Å². The van der Waals surface area contributed by atoms with Crippen LogP contribution < -0.4 is 27.0 Å². The van der Waals surface area contributed by atoms with Crippen molar-refractivity contribution >= 4 is 35.7 Å². The second-order valence-corrected chi connectivity index (χ2v) is 9.90. The lowest BCUT2D eigenvalue weighted by Gasteiger charge is -2.25. The Labute approximate surface area is 211 Å². The lowest BCUT2D eigenvalue weighted by atomic mass is 10.0. The zero-order valence-corrected chi connectivity index (χ0v) is 21.9. The molecule has 0 aromatic heterocycles. The lowest BCUT2D eigenvalue weighted by Crippen LogP contribution is -2.56. The quantitative estimate of drug-likeness (QED) is 0.130. The van der Waals surface area contributed by atoms with Gasteiger partial charge in [0.1, 0.15) is 23.7 Å². The van der Waals surface area contributed by atoms with Gasteiger partial charge in [-0.15, -0.1) is 0 Å². The average Bonchev–Trinajstić information content (AvgIpc) is 2.70. The highest BCUT2D eigenvalue weighted by molar-refractivity contribution is 5.93. The van der Waals surface area contributed by atoms with Gasteiger partial charge in [-0.25, -0.2) is 9.59 Å². The second-order valence-electron chi connectivity index (χ2n) is 9.90. The van der Waals surface area contributed by atoms with Crippen molar-refractivity contribution < 1.29 is 38.6 Å². The summed E-state index contributed by atoms with van der Waals surface area (Å²) in [7, 11) is 0. The van der Waals surface area contributed by atoms with Gasteiger partial charge in [0.25, 0.3) is 0 Å². The van der Waals surface area contributed by atoms with E-state index in [-0.39, 0.29) is 44.6 Å². The topological polar surface area (TPSA) is 206 Å². The Kier molecular flexibility index (Phi) is 14.1. The Balaban J connectivity index is 5.35. The monoisotopic (exact) mass is 515 g/mol. The van der Waals surface area contributed by atoms with Gasteiger partial charge in [-0.1, -0.05) is 13.8 Å². The standard InChI is InChI=1S/C23H41N5O8/c1-13(2)12-17(20(32)27-16(21(33)34)8-7-11-25-22(24)35)28-19(31)15(26-14(3)29)9-10-18(30)36-23(4,5)6/h13,15-17H,7-12H2,1-6H3,(H,26,29)(H,27,32)(H,28,31)(H,33,34)(H3,24,25,35)/t15-,16-,17-/m0/s1. The van der Waals surface area contributed by atoms with Gasteiger partial charge in [0.15, 0.2) is 0 Å². The SMILES string of the molecule is CC(=O)N[C@@H](CCC(=O)OC(C)(C)C)C(=O)N[C@@H](CC(C)C)C(=O)N[C@@H](CCCNC(N)=O)C(=O)O. The van der Waals surface area contributed by atoms with Crippen LogP contribution in [0.4, 0.5) is 4.79 Å². The minimum atomic E-state index is -1.27. The van der Waals surface area contributed by atoms with Crippen LogP contribution in [-0.4, -0.2) is 71.1 Å². The number of urea groups is 1. The highest BCUT2D eigenvalue weighted by Gasteiger charge is 2.30. The summed E-state index contributed by atoms with van der Waals surface area (Å²) in [5.74, 6) is -3.75. The maximum Gasteiger partial charge on any atom is 0.326 e. The Morgan fingerprint density at radius 2 is 1.44 bits per heavy atom. The molecule has 0 heterocycles. The van der Waals surface area contributed by atoms with Crippen molar-refractivity contribution in [2.75, 3.05) is 6.54 Å². The summed E-state index contributed by atoms with van der Waals surface area (Å²) in [4.78, 5) is 71.9. The van der Waals surface area contributed by atoms with Crippen LogP contribution in [0.1, 0.15) is 73.6 Å². The van der Waals surface area contributed by atoms with Crippen molar-refractivity contribution in [3.8, 4) is 0 Å². The first kappa shape index (κ1) is 32.6. The van der Waals surface area contributed by atoms with Crippen molar-refractivity contribution in [1.29, 1.82) is 0 Å². The molecule has 36 heavy (non-hydrogen) atoms. The highest BCUT2D eigenvalue weighted by atomic mass is 16.6. The molecule has 13 heteroatoms. The molecule has 0 aliphatic heterocycles. The molecule has 0 saturated heterocycles. The number of amides is 5. The molecule has 0 saturated carbocycles. The van der Waals surface area contributed by atoms with Gasteiger partial charge in [-0.05, 0) is 52.4 Å². The Morgan fingerprint density at radius 1 is 0.889 bits per heavy atom. The van der Waals surface area contributed by atoms with Crippen molar-refractivity contribution in [3.05, 3.63) is 0 Å². The average molecular weight is 516 g/mol. The summed E-state index contributed by atoms with van der Waals surface area (Å²) in [5, 5.41) is 19.2. The minimum Gasteiger partial charge on any atom is -0.480 e. The van der Waals surface area contributed by atoms with E-state index in [1.807, 2.05) is 13.8 Å². The maximum absolute atomic E-state index is 12.9. The van der Waals surface area contributed by atoms with Crippen molar-refractivity contribution in [2.24, 2.45) is 11.7 Å². The number of esters is 1. The van der Waals surface area contributed by atoms with E-state index >= 15 is 0 Å². The first-order valence-electron chi connectivity index (χ1n) is 11.9. The number of nitrogens with two attached hydrogens (primary N) is 1. The molecule has 5 amide bonds. The fourth-order valence-corrected chi connectivity index (χ4v) is 3.19. The molecule has 0 bridgehead atoms. The number of rotatable bonds is 15. The van der Waals surface area contributed by atoms with E-state index in [4.69, 9.17) is 10.5 Å². The third-order valence-corrected chi connectivity index (χ3v) is 4.67. The van der Waals surface area contributed by atoms with Crippen molar-refractivity contribution in [2.45, 2.75) is 97.4 Å². The number of hydrogen-bond donors (Lipinski definition) is 6. The molecule has 0 aliphatic carbocycles. The van der Waals surface area contributed by atoms with E-state index in [2.05, 4.69) is 21.3 Å². The summed E-state index contributed by atoms with van der Waals surface area (Å²) in [5.41, 5.74) is 4.27. The molecule has 206 valence electrons. The molecule has 0 rings (SSSR count). The molecular weight excluding hydrogens is 474 g/mol. The number of carboxylic acid groups (broad SMARTS) is 1. The molecule has 13 nitrogen and oxygen atoms in total. The van der Waals surface area contributed by atoms with Gasteiger partial charge in [-0.3, -0.25) is 19.2 Å². The number of carboxylic acids is 1. The Bertz CT molecular complexity index is 794. The van der Waals surface area contributed by atoms with Gasteiger partial charge in [0.2, 0.25) is 17.7 Å². The first-order chi connectivity index (χ1) is 16.5. The first-order valence-corrected chi connectivity index (χ1v) is 11.9. The zero-order valence-electron chi connectivity index (χ0n) is 21.9. The highest BCUT2D eigenvalue weighted by Crippen LogP contribution is 2.11. The van der Waals surface area contributed by atoms with Crippen LogP contribution in [0.25, 0.3) is 0 Å². The summed E-state index contributed by atoms with van der Waals surface area (Å²) in [6, 6.07) is -4.18. The molecule has 0 aromatic rings. The van der Waals surface area contributed by atoms with E-state index in [0.29, 0.717) is 0 Å². The Hall–Kier alpha value is -3.38. The lowest BCUT2D eigenvalue weighted by molar-refractivity contribution is -0.155. The third kappa shape index (κ3) is 15.5. The second kappa shape index (κ2) is 15.6. The van der Waals surface area contributed by atoms with E-state index in [1.165, 1.54) is 6.92 Å². The molecule has 0 fully saturated rings. The number of aliphatic carboxylic acids is 1. The van der Waals surface area contributed by atoms with Gasteiger partial charge >= 0.3 is 18.0 Å². The number of ether oxygens (including phenoxy) is 1. The number of carbonyl (C=O) groups excluding carboxylic acids is 5. The fourth-order valence-electron chi connectivity index (χ4n) is 3.19. The van der Waals surface area contributed by atoms with Crippen LogP contribution in [-0.2, 0) is 28.7 Å². The van der Waals surface area contributed by atoms with Gasteiger partial charge in [-0.2, -0.15) is 0 Å². The van der Waals surface area contributed by atoms with Crippen LogP contribution >= 0.6 is 0 Å². The normalized spacial score (nSPS) is 13.6. The van der Waals surface area contributed by atoms with Crippen LogP contribution in [0.5, 0.6) is 0 Å². The molecule has 7 N–H and O–H groups in total. The molecule has 0 spiro atoms. The number of hydrogen-bond acceptors (Lipinski definition) is 7. The fraction of sp³-hybridized carbons (Fsp3) is 0.739. The van der Waals surface area contributed by atoms with E-state index in [0.717, 1.165) is 0 Å². The molecule has 3 atom stereocenters. The molecule has 0 aliphatic rings. The number of primary amides is 1. The zero-order chi connectivity index (χ0) is 28.1. The van der Waals surface area contributed by atoms with Crippen LogP contribution in [0.3, 0.4) is 0 Å². The smallest absolute Gasteiger partial charge is 0.326 e. The number of nitrogens with one attached hydrogen (secondary N) is 4. The molecule has 0 unspecified atom stereocenters. The summed E-state index contributed by atoms with van der Waals surface area (Å²) in [6.07, 6.45) is 0.273. The predicted octanol–water partition coefficient (Wildman–Crippen LogP) is 0.162. The predicted molar refractivity (Wildman–Crippen MR) is 130 cm³/mol. The van der Waals surface area contributed by atoms with E-state index in [1.54, 1.807) is 20.8 Å². The van der Waals surface area contributed by atoms with E-state index in [9.17, 15) is 33.9 Å². The minimum absolute atomic E-state index is 0.0219. The van der Waals surface area contributed by atoms with Crippen molar-refractivity contribution in [3.63, 3.8) is 0 Å².